The van der Waals surface area contributed by atoms with Gasteiger partial charge < -0.3 is 10.2 Å². The summed E-state index contributed by atoms with van der Waals surface area (Å²) in [5.74, 6) is 0.0597. The first-order valence-corrected chi connectivity index (χ1v) is 6.67. The van der Waals surface area contributed by atoms with E-state index in [9.17, 15) is 4.79 Å². The van der Waals surface area contributed by atoms with Gasteiger partial charge in [0.25, 0.3) is 5.91 Å². The Labute approximate surface area is 109 Å². The zero-order valence-corrected chi connectivity index (χ0v) is 11.5. The first-order valence-electron chi connectivity index (χ1n) is 6.67. The summed E-state index contributed by atoms with van der Waals surface area (Å²) in [7, 11) is 3.57. The standard InChI is InChI=1S/C15H22N2O/c1-11-8-9-12(15(18)17(2)3)10-14(11)16-13-6-4-5-7-13/h8-10,13,16H,4-7H2,1-3H3. The Kier molecular flexibility index (Phi) is 3.90. The fourth-order valence-electron chi connectivity index (χ4n) is 2.46. The summed E-state index contributed by atoms with van der Waals surface area (Å²) in [5.41, 5.74) is 3.07. The third-order valence-electron chi connectivity index (χ3n) is 3.61. The van der Waals surface area contributed by atoms with Gasteiger partial charge in [-0.25, -0.2) is 0 Å². The highest BCUT2D eigenvalue weighted by atomic mass is 16.2. The van der Waals surface area contributed by atoms with Gasteiger partial charge in [0.2, 0.25) is 0 Å². The van der Waals surface area contributed by atoms with E-state index < -0.39 is 0 Å². The summed E-state index contributed by atoms with van der Waals surface area (Å²) in [5, 5.41) is 3.57. The first kappa shape index (κ1) is 12.9. The van der Waals surface area contributed by atoms with E-state index in [4.69, 9.17) is 0 Å². The normalized spacial score (nSPS) is 15.7. The van der Waals surface area contributed by atoms with Gasteiger partial charge in [0.1, 0.15) is 0 Å². The maximum atomic E-state index is 11.9. The van der Waals surface area contributed by atoms with Crippen LogP contribution in [-0.2, 0) is 0 Å². The monoisotopic (exact) mass is 246 g/mol. The topological polar surface area (TPSA) is 32.3 Å². The largest absolute Gasteiger partial charge is 0.382 e. The van der Waals surface area contributed by atoms with Crippen molar-refractivity contribution in [1.29, 1.82) is 0 Å². The molecule has 98 valence electrons. The lowest BCUT2D eigenvalue weighted by Crippen LogP contribution is -2.22. The second-order valence-corrected chi connectivity index (χ2v) is 5.35. The molecule has 0 radical (unpaired) electrons. The van der Waals surface area contributed by atoms with Crippen molar-refractivity contribution in [2.45, 2.75) is 38.6 Å². The molecule has 0 heterocycles. The molecule has 0 unspecified atom stereocenters. The molecule has 0 bridgehead atoms. The van der Waals surface area contributed by atoms with Crippen LogP contribution < -0.4 is 5.32 Å². The molecule has 1 saturated carbocycles. The van der Waals surface area contributed by atoms with Crippen molar-refractivity contribution in [2.24, 2.45) is 0 Å². The number of benzene rings is 1. The van der Waals surface area contributed by atoms with Gasteiger partial charge in [-0.1, -0.05) is 18.9 Å². The molecule has 18 heavy (non-hydrogen) atoms. The molecule has 0 atom stereocenters. The average Bonchev–Trinajstić information content (AvgIpc) is 2.84. The maximum Gasteiger partial charge on any atom is 0.253 e. The number of aryl methyl sites for hydroxylation is 1. The Morgan fingerprint density at radius 3 is 2.56 bits per heavy atom. The highest BCUT2D eigenvalue weighted by molar-refractivity contribution is 5.95. The van der Waals surface area contributed by atoms with Crippen LogP contribution in [0.3, 0.4) is 0 Å². The van der Waals surface area contributed by atoms with Gasteiger partial charge in [-0.3, -0.25) is 4.79 Å². The molecule has 1 amide bonds. The van der Waals surface area contributed by atoms with Crippen molar-refractivity contribution < 1.29 is 4.79 Å². The summed E-state index contributed by atoms with van der Waals surface area (Å²) >= 11 is 0. The number of nitrogens with one attached hydrogen (secondary N) is 1. The van der Waals surface area contributed by atoms with Crippen LogP contribution in [0.25, 0.3) is 0 Å². The minimum Gasteiger partial charge on any atom is -0.382 e. The Morgan fingerprint density at radius 1 is 1.28 bits per heavy atom. The van der Waals surface area contributed by atoms with Crippen LogP contribution in [0.5, 0.6) is 0 Å². The van der Waals surface area contributed by atoms with Crippen LogP contribution >= 0.6 is 0 Å². The SMILES string of the molecule is Cc1ccc(C(=O)N(C)C)cc1NC1CCCC1. The summed E-state index contributed by atoms with van der Waals surface area (Å²) < 4.78 is 0. The van der Waals surface area contributed by atoms with Crippen molar-refractivity contribution in [2.75, 3.05) is 19.4 Å². The third-order valence-corrected chi connectivity index (χ3v) is 3.61. The molecule has 0 spiro atoms. The van der Waals surface area contributed by atoms with Gasteiger partial charge in [-0.15, -0.1) is 0 Å². The molecule has 1 N–H and O–H groups in total. The number of hydrogen-bond acceptors (Lipinski definition) is 2. The number of hydrogen-bond donors (Lipinski definition) is 1. The molecule has 3 heteroatoms. The molecule has 0 aliphatic heterocycles. The van der Waals surface area contributed by atoms with Crippen molar-refractivity contribution in [1.82, 2.24) is 4.90 Å². The number of amides is 1. The van der Waals surface area contributed by atoms with Gasteiger partial charge >= 0.3 is 0 Å². The minimum atomic E-state index is 0.0597. The van der Waals surface area contributed by atoms with E-state index >= 15 is 0 Å². The van der Waals surface area contributed by atoms with Crippen LogP contribution in [0.1, 0.15) is 41.6 Å². The molecule has 1 aromatic carbocycles. The average molecular weight is 246 g/mol. The zero-order valence-electron chi connectivity index (χ0n) is 11.5. The van der Waals surface area contributed by atoms with Crippen molar-refractivity contribution in [3.05, 3.63) is 29.3 Å². The van der Waals surface area contributed by atoms with E-state index in [2.05, 4.69) is 12.2 Å². The van der Waals surface area contributed by atoms with Gasteiger partial charge in [-0.2, -0.15) is 0 Å². The Balaban J connectivity index is 2.18. The first-order chi connectivity index (χ1) is 8.58. The Bertz CT molecular complexity index is 434. The van der Waals surface area contributed by atoms with Crippen molar-refractivity contribution >= 4 is 11.6 Å². The van der Waals surface area contributed by atoms with Crippen LogP contribution in [0.2, 0.25) is 0 Å². The highest BCUT2D eigenvalue weighted by Gasteiger charge is 2.16. The summed E-state index contributed by atoms with van der Waals surface area (Å²) in [6.45, 7) is 2.08. The maximum absolute atomic E-state index is 11.9. The number of anilines is 1. The lowest BCUT2D eigenvalue weighted by atomic mass is 10.1. The molecular weight excluding hydrogens is 224 g/mol. The van der Waals surface area contributed by atoms with E-state index in [-0.39, 0.29) is 5.91 Å². The minimum absolute atomic E-state index is 0.0597. The molecule has 0 saturated heterocycles. The quantitative estimate of drug-likeness (QED) is 0.889. The molecule has 1 aromatic rings. The summed E-state index contributed by atoms with van der Waals surface area (Å²) in [6, 6.07) is 6.48. The van der Waals surface area contributed by atoms with E-state index in [0.29, 0.717) is 6.04 Å². The van der Waals surface area contributed by atoms with Crippen LogP contribution in [0.4, 0.5) is 5.69 Å². The smallest absolute Gasteiger partial charge is 0.253 e. The molecule has 1 aliphatic carbocycles. The van der Waals surface area contributed by atoms with Crippen LogP contribution in [-0.4, -0.2) is 30.9 Å². The van der Waals surface area contributed by atoms with E-state index in [1.807, 2.05) is 18.2 Å². The fourth-order valence-corrected chi connectivity index (χ4v) is 2.46. The van der Waals surface area contributed by atoms with Gasteiger partial charge in [-0.05, 0) is 37.5 Å². The lowest BCUT2D eigenvalue weighted by Gasteiger charge is -2.17. The second kappa shape index (κ2) is 5.42. The van der Waals surface area contributed by atoms with E-state index in [1.54, 1.807) is 19.0 Å². The van der Waals surface area contributed by atoms with Gasteiger partial charge in [0.15, 0.2) is 0 Å². The fraction of sp³-hybridized carbons (Fsp3) is 0.533. The highest BCUT2D eigenvalue weighted by Crippen LogP contribution is 2.25. The van der Waals surface area contributed by atoms with Crippen molar-refractivity contribution in [3.8, 4) is 0 Å². The molecular formula is C15H22N2O. The van der Waals surface area contributed by atoms with E-state index in [1.165, 1.54) is 31.2 Å². The number of carbonyl (C=O) groups is 1. The zero-order chi connectivity index (χ0) is 13.1. The molecule has 1 fully saturated rings. The summed E-state index contributed by atoms with van der Waals surface area (Å²) in [4.78, 5) is 13.6. The van der Waals surface area contributed by atoms with E-state index in [0.717, 1.165) is 11.3 Å². The second-order valence-electron chi connectivity index (χ2n) is 5.35. The van der Waals surface area contributed by atoms with Crippen molar-refractivity contribution in [3.63, 3.8) is 0 Å². The van der Waals surface area contributed by atoms with Gasteiger partial charge in [0, 0.05) is 31.4 Å². The predicted molar refractivity (Wildman–Crippen MR) is 75.1 cm³/mol. The third kappa shape index (κ3) is 2.84. The van der Waals surface area contributed by atoms with Gasteiger partial charge in [0.05, 0.1) is 0 Å². The lowest BCUT2D eigenvalue weighted by molar-refractivity contribution is 0.0827. The Hall–Kier alpha value is -1.51. The number of nitrogens with zero attached hydrogens (tertiary/aromatic N) is 1. The predicted octanol–water partition coefficient (Wildman–Crippen LogP) is 3.05. The molecule has 3 nitrogen and oxygen atoms in total. The molecule has 2 rings (SSSR count). The number of rotatable bonds is 3. The summed E-state index contributed by atoms with van der Waals surface area (Å²) in [6.07, 6.45) is 5.11. The molecule has 0 aromatic heterocycles. The molecule has 1 aliphatic rings. The Morgan fingerprint density at radius 2 is 1.94 bits per heavy atom. The van der Waals surface area contributed by atoms with Crippen LogP contribution in [0.15, 0.2) is 18.2 Å². The van der Waals surface area contributed by atoms with Crippen LogP contribution in [0, 0.1) is 6.92 Å². The number of carbonyl (C=O) groups excluding carboxylic acids is 1.